The molecule has 4 aromatic rings. The summed E-state index contributed by atoms with van der Waals surface area (Å²) in [5.74, 6) is -0.215. The van der Waals surface area contributed by atoms with Gasteiger partial charge in [0, 0.05) is 6.92 Å². The van der Waals surface area contributed by atoms with E-state index in [-0.39, 0.29) is 49.4 Å². The van der Waals surface area contributed by atoms with E-state index in [1.54, 1.807) is 63.4 Å². The average Bonchev–Trinajstić information content (AvgIpc) is 3.87. The number of aromatic nitrogens is 2. The first-order valence-electron chi connectivity index (χ1n) is 18.3. The number of esters is 2. The molecule has 2 amide bonds. The minimum absolute atomic E-state index is 0.0179. The number of benzene rings is 2. The summed E-state index contributed by atoms with van der Waals surface area (Å²) >= 11 is 24.3. The van der Waals surface area contributed by atoms with Crippen molar-refractivity contribution in [2.75, 3.05) is 19.8 Å². The van der Waals surface area contributed by atoms with Crippen molar-refractivity contribution in [1.29, 1.82) is 0 Å². The molecular formula is C42H50Cl4N4O12. The third kappa shape index (κ3) is 21.9. The predicted molar refractivity (Wildman–Crippen MR) is 235 cm³/mol. The average molecular weight is 945 g/mol. The van der Waals surface area contributed by atoms with Crippen LogP contribution in [0.1, 0.15) is 66.9 Å². The molecule has 0 saturated heterocycles. The van der Waals surface area contributed by atoms with Crippen LogP contribution in [0.3, 0.4) is 0 Å². The van der Waals surface area contributed by atoms with Crippen molar-refractivity contribution in [2.45, 2.75) is 78.2 Å². The number of halogens is 4. The fraction of sp³-hybridized carbons (Fsp3) is 0.357. The van der Waals surface area contributed by atoms with E-state index in [4.69, 9.17) is 69.4 Å². The zero-order chi connectivity index (χ0) is 47.0. The van der Waals surface area contributed by atoms with Gasteiger partial charge in [0.1, 0.15) is 30.7 Å². The van der Waals surface area contributed by atoms with Crippen LogP contribution in [0.25, 0.3) is 22.6 Å². The molecule has 0 radical (unpaired) electrons. The van der Waals surface area contributed by atoms with Crippen molar-refractivity contribution in [3.63, 3.8) is 0 Å². The standard InChI is InChI=1S/C21H24Cl2N2O6.C9H5Cl2NO.C6H9NO3.C6H12O2/c1-5-9-29-20(28)25-14(10-16(26)31-21(2,3)4)18(27)19-24-11-15(30-19)17-12(22)7-6-8-13(17)23;10-6-2-1-3-7(11)9(6)8-4-12-5-13-8;1-2-5-10-6(9)7-3-4-8;1-5(7)8-6(2,3)4/h5-8,11,14,18,27H,1,9-10H2,2-4H3,(H,25,28);1-5H;2,4H,1,3,5H2,(H,7,9);1-4H3/t14-,18?;;;/m0.../s1. The molecule has 0 bridgehead atoms. The van der Waals surface area contributed by atoms with Crippen LogP contribution in [0.15, 0.2) is 89.3 Å². The number of rotatable bonds is 13. The Morgan fingerprint density at radius 2 is 1.31 bits per heavy atom. The Morgan fingerprint density at radius 1 is 0.806 bits per heavy atom. The van der Waals surface area contributed by atoms with Gasteiger partial charge >= 0.3 is 24.1 Å². The Kier molecular flexibility index (Phi) is 24.3. The lowest BCUT2D eigenvalue weighted by molar-refractivity contribution is -0.156. The lowest BCUT2D eigenvalue weighted by Gasteiger charge is -2.24. The maximum absolute atomic E-state index is 12.3. The third-order valence-corrected chi connectivity index (χ3v) is 7.82. The second-order valence-electron chi connectivity index (χ2n) is 14.1. The maximum atomic E-state index is 12.3. The van der Waals surface area contributed by atoms with Crippen molar-refractivity contribution in [2.24, 2.45) is 0 Å². The van der Waals surface area contributed by atoms with Crippen molar-refractivity contribution in [1.82, 2.24) is 20.6 Å². The molecule has 0 spiro atoms. The summed E-state index contributed by atoms with van der Waals surface area (Å²) in [6.07, 6.45) is 4.36. The van der Waals surface area contributed by atoms with Crippen LogP contribution >= 0.6 is 46.4 Å². The number of nitrogens with zero attached hydrogens (tertiary/aromatic N) is 2. The monoisotopic (exact) mass is 942 g/mol. The highest BCUT2D eigenvalue weighted by Gasteiger charge is 2.32. The van der Waals surface area contributed by atoms with Gasteiger partial charge in [-0.1, -0.05) is 83.8 Å². The molecule has 2 aromatic carbocycles. The number of aliphatic hydroxyl groups excluding tert-OH is 1. The largest absolute Gasteiger partial charge is 0.460 e. The second-order valence-corrected chi connectivity index (χ2v) is 15.8. The van der Waals surface area contributed by atoms with Gasteiger partial charge in [-0.25, -0.2) is 19.6 Å². The molecule has 2 heterocycles. The van der Waals surface area contributed by atoms with Crippen molar-refractivity contribution in [3.8, 4) is 22.6 Å². The van der Waals surface area contributed by atoms with Crippen LogP contribution in [0.2, 0.25) is 20.1 Å². The van der Waals surface area contributed by atoms with Gasteiger partial charge < -0.3 is 48.3 Å². The summed E-state index contributed by atoms with van der Waals surface area (Å²) in [5.41, 5.74) is 0.0146. The molecule has 2 atom stereocenters. The number of oxazole rings is 2. The first kappa shape index (κ1) is 54.6. The van der Waals surface area contributed by atoms with Crippen molar-refractivity contribution < 1.29 is 56.9 Å². The van der Waals surface area contributed by atoms with E-state index >= 15 is 0 Å². The van der Waals surface area contributed by atoms with Crippen LogP contribution in [-0.2, 0) is 33.3 Å². The Bertz CT molecular complexity index is 2010. The van der Waals surface area contributed by atoms with Gasteiger partial charge in [-0.2, -0.15) is 0 Å². The summed E-state index contributed by atoms with van der Waals surface area (Å²) in [5, 5.41) is 17.2. The molecule has 20 heteroatoms. The van der Waals surface area contributed by atoms with Crippen molar-refractivity contribution in [3.05, 3.63) is 106 Å². The van der Waals surface area contributed by atoms with E-state index in [1.807, 2.05) is 20.8 Å². The van der Waals surface area contributed by atoms with Gasteiger partial charge in [-0.05, 0) is 65.8 Å². The van der Waals surface area contributed by atoms with Crippen LogP contribution in [-0.4, -0.2) is 82.5 Å². The van der Waals surface area contributed by atoms with Gasteiger partial charge in [0.2, 0.25) is 5.89 Å². The zero-order valence-corrected chi connectivity index (χ0v) is 38.2. The number of alkyl carbamates (subject to hydrolysis) is 2. The van der Waals surface area contributed by atoms with Crippen LogP contribution in [0, 0.1) is 0 Å². The quantitative estimate of drug-likeness (QED) is 0.0492. The number of amides is 2. The molecule has 0 saturated carbocycles. The lowest BCUT2D eigenvalue weighted by atomic mass is 10.1. The van der Waals surface area contributed by atoms with Gasteiger partial charge in [0.25, 0.3) is 0 Å². The number of hydrogen-bond acceptors (Lipinski definition) is 14. The minimum atomic E-state index is -1.49. The Balaban J connectivity index is 0.000000502. The van der Waals surface area contributed by atoms with Crippen LogP contribution in [0.5, 0.6) is 0 Å². The van der Waals surface area contributed by atoms with E-state index in [9.17, 15) is 29.1 Å². The molecule has 16 nitrogen and oxygen atoms in total. The molecule has 0 aliphatic carbocycles. The van der Waals surface area contributed by atoms with Crippen molar-refractivity contribution >= 4 is 76.8 Å². The normalized spacial score (nSPS) is 11.5. The summed E-state index contributed by atoms with van der Waals surface area (Å²) in [6.45, 7) is 18.9. The molecule has 0 aliphatic rings. The van der Waals surface area contributed by atoms with E-state index in [0.29, 0.717) is 43.3 Å². The Labute approximate surface area is 379 Å². The second kappa shape index (κ2) is 27.5. The topological polar surface area (TPSA) is 219 Å². The summed E-state index contributed by atoms with van der Waals surface area (Å²) in [6, 6.07) is 9.09. The molecule has 62 heavy (non-hydrogen) atoms. The maximum Gasteiger partial charge on any atom is 0.407 e. The molecular weight excluding hydrogens is 894 g/mol. The fourth-order valence-electron chi connectivity index (χ4n) is 4.39. The van der Waals surface area contributed by atoms with E-state index in [1.165, 1.54) is 31.7 Å². The number of aliphatic hydroxyl groups is 1. The SMILES string of the molecule is C=CCOC(=O)NCC=O.C=CCOC(=O)N[C@@H](CC(=O)OC(C)(C)C)C(O)c1ncc(-c2c(Cl)cccc2Cl)o1.CC(=O)OC(C)(C)C.Clc1cccc(Cl)c1-c1cnco1. The first-order chi connectivity index (χ1) is 29.0. The Hall–Kier alpha value is -5.39. The van der Waals surface area contributed by atoms with Gasteiger partial charge in [-0.3, -0.25) is 9.59 Å². The van der Waals surface area contributed by atoms with Gasteiger partial charge in [0.05, 0.1) is 62.6 Å². The van der Waals surface area contributed by atoms with E-state index in [0.717, 1.165) is 0 Å². The highest BCUT2D eigenvalue weighted by molar-refractivity contribution is 6.39. The summed E-state index contributed by atoms with van der Waals surface area (Å²) < 4.78 is 30.2. The van der Waals surface area contributed by atoms with Gasteiger partial charge in [0.15, 0.2) is 24.0 Å². The highest BCUT2D eigenvalue weighted by atomic mass is 35.5. The highest BCUT2D eigenvalue weighted by Crippen LogP contribution is 2.36. The molecule has 0 fully saturated rings. The fourth-order valence-corrected chi connectivity index (χ4v) is 5.56. The number of nitrogens with one attached hydrogen (secondary N) is 2. The Morgan fingerprint density at radius 3 is 1.73 bits per heavy atom. The molecule has 4 rings (SSSR count). The van der Waals surface area contributed by atoms with E-state index < -0.39 is 35.9 Å². The summed E-state index contributed by atoms with van der Waals surface area (Å²) in [4.78, 5) is 62.5. The zero-order valence-electron chi connectivity index (χ0n) is 35.2. The van der Waals surface area contributed by atoms with Crippen LogP contribution < -0.4 is 10.6 Å². The molecule has 0 aliphatic heterocycles. The number of hydrogen-bond donors (Lipinski definition) is 3. The minimum Gasteiger partial charge on any atom is -0.460 e. The molecule has 1 unspecified atom stereocenters. The molecule has 3 N–H and O–H groups in total. The van der Waals surface area contributed by atoms with Crippen LogP contribution in [0.4, 0.5) is 9.59 Å². The summed E-state index contributed by atoms with van der Waals surface area (Å²) in [7, 11) is 0. The van der Waals surface area contributed by atoms with Gasteiger partial charge in [-0.15, -0.1) is 0 Å². The number of aldehydes is 1. The smallest absolute Gasteiger partial charge is 0.407 e. The first-order valence-corrected chi connectivity index (χ1v) is 19.9. The molecule has 338 valence electrons. The number of carbonyl (C=O) groups excluding carboxylic acids is 5. The number of ether oxygens (including phenoxy) is 4. The lowest BCUT2D eigenvalue weighted by Crippen LogP contribution is -2.42. The van der Waals surface area contributed by atoms with E-state index in [2.05, 4.69) is 38.5 Å². The molecule has 2 aromatic heterocycles. The predicted octanol–water partition coefficient (Wildman–Crippen LogP) is 9.79. The number of carbonyl (C=O) groups is 5. The third-order valence-electron chi connectivity index (χ3n) is 6.56.